The Labute approximate surface area is 169 Å². The number of nitrogens with one attached hydrogen (secondary N) is 1. The third-order valence-corrected chi connectivity index (χ3v) is 6.38. The van der Waals surface area contributed by atoms with E-state index in [0.29, 0.717) is 29.1 Å². The monoisotopic (exact) mass is 412 g/mol. The topological polar surface area (TPSA) is 110 Å². The SMILES string of the molecule is CCCn1c(=O)n(C)c(=O)c2c(C(=O)O)c(Cc3c(C)[nH]c4ccncc34)sc21. The molecular weight excluding hydrogens is 392 g/mol. The smallest absolute Gasteiger partial charge is 0.337 e. The van der Waals surface area contributed by atoms with Gasteiger partial charge in [-0.05, 0) is 25.0 Å². The van der Waals surface area contributed by atoms with E-state index in [1.807, 2.05) is 19.9 Å². The lowest BCUT2D eigenvalue weighted by molar-refractivity contribution is 0.0698. The summed E-state index contributed by atoms with van der Waals surface area (Å²) in [6.45, 7) is 4.27. The van der Waals surface area contributed by atoms with Gasteiger partial charge in [-0.25, -0.2) is 9.59 Å². The van der Waals surface area contributed by atoms with Gasteiger partial charge in [0.25, 0.3) is 5.56 Å². The largest absolute Gasteiger partial charge is 0.478 e. The summed E-state index contributed by atoms with van der Waals surface area (Å²) in [6, 6.07) is 1.86. The van der Waals surface area contributed by atoms with Crippen LogP contribution in [-0.4, -0.2) is 30.2 Å². The number of hydrogen-bond acceptors (Lipinski definition) is 5. The maximum absolute atomic E-state index is 12.8. The number of fused-ring (bicyclic) bond motifs is 2. The van der Waals surface area contributed by atoms with Crippen LogP contribution in [0, 0.1) is 6.92 Å². The average Bonchev–Trinajstić information content (AvgIpc) is 3.22. The van der Waals surface area contributed by atoms with Crippen molar-refractivity contribution in [2.45, 2.75) is 33.2 Å². The maximum atomic E-state index is 12.8. The molecule has 0 radical (unpaired) electrons. The number of carboxylic acid groups (broad SMARTS) is 1. The number of aromatic carboxylic acids is 1. The van der Waals surface area contributed by atoms with Crippen molar-refractivity contribution >= 4 is 38.4 Å². The van der Waals surface area contributed by atoms with Crippen molar-refractivity contribution in [3.8, 4) is 0 Å². The highest BCUT2D eigenvalue weighted by Gasteiger charge is 2.26. The molecular formula is C20H20N4O4S. The standard InChI is InChI=1S/C20H20N4O4S/c1-4-7-24-18-16(17(25)23(3)20(24)28)15(19(26)27)14(29-18)8-11-10(2)22-13-5-6-21-9-12(11)13/h5-6,9,22H,4,7-8H2,1-3H3,(H,26,27). The van der Waals surface area contributed by atoms with Crippen molar-refractivity contribution < 1.29 is 9.90 Å². The Morgan fingerprint density at radius 1 is 1.34 bits per heavy atom. The van der Waals surface area contributed by atoms with E-state index in [1.54, 1.807) is 12.4 Å². The second-order valence-electron chi connectivity index (χ2n) is 7.01. The van der Waals surface area contributed by atoms with Crippen LogP contribution in [0.5, 0.6) is 0 Å². The molecule has 0 aliphatic heterocycles. The first-order valence-corrected chi connectivity index (χ1v) is 10.1. The van der Waals surface area contributed by atoms with Gasteiger partial charge in [0.05, 0.1) is 10.9 Å². The van der Waals surface area contributed by atoms with E-state index in [9.17, 15) is 19.5 Å². The number of hydrogen-bond donors (Lipinski definition) is 2. The molecule has 9 heteroatoms. The molecule has 0 aliphatic rings. The minimum atomic E-state index is -1.17. The second kappa shape index (κ2) is 7.00. The molecule has 0 fully saturated rings. The maximum Gasteiger partial charge on any atom is 0.337 e. The van der Waals surface area contributed by atoms with Crippen LogP contribution in [0.15, 0.2) is 28.0 Å². The van der Waals surface area contributed by atoms with E-state index >= 15 is 0 Å². The Hall–Kier alpha value is -3.20. The van der Waals surface area contributed by atoms with Gasteiger partial charge in [0.1, 0.15) is 4.83 Å². The van der Waals surface area contributed by atoms with Crippen LogP contribution in [0.1, 0.15) is 39.8 Å². The third-order valence-electron chi connectivity index (χ3n) is 5.16. The Balaban J connectivity index is 2.03. The number of aromatic amines is 1. The number of aromatic nitrogens is 4. The number of carboxylic acids is 1. The van der Waals surface area contributed by atoms with Crippen molar-refractivity contribution in [2.75, 3.05) is 0 Å². The lowest BCUT2D eigenvalue weighted by Gasteiger charge is -2.07. The zero-order valence-corrected chi connectivity index (χ0v) is 17.1. The molecule has 4 rings (SSSR count). The minimum absolute atomic E-state index is 0.0203. The average molecular weight is 412 g/mol. The number of carbonyl (C=O) groups is 1. The van der Waals surface area contributed by atoms with Crippen LogP contribution < -0.4 is 11.2 Å². The van der Waals surface area contributed by atoms with Crippen LogP contribution in [-0.2, 0) is 20.0 Å². The number of aryl methyl sites for hydroxylation is 2. The van der Waals surface area contributed by atoms with E-state index in [-0.39, 0.29) is 10.9 Å². The fourth-order valence-corrected chi connectivity index (χ4v) is 5.07. The number of rotatable bonds is 5. The molecule has 0 aromatic carbocycles. The molecule has 0 spiro atoms. The lowest BCUT2D eigenvalue weighted by Crippen LogP contribution is -2.38. The van der Waals surface area contributed by atoms with Crippen LogP contribution in [0.4, 0.5) is 0 Å². The van der Waals surface area contributed by atoms with Gasteiger partial charge < -0.3 is 10.1 Å². The van der Waals surface area contributed by atoms with Crippen LogP contribution in [0.25, 0.3) is 21.1 Å². The predicted octanol–water partition coefficient (Wildman–Crippen LogP) is 2.65. The zero-order valence-electron chi connectivity index (χ0n) is 16.3. The first kappa shape index (κ1) is 19.1. The highest BCUT2D eigenvalue weighted by atomic mass is 32.1. The summed E-state index contributed by atoms with van der Waals surface area (Å²) in [4.78, 5) is 46.0. The van der Waals surface area contributed by atoms with Gasteiger partial charge in [0.15, 0.2) is 0 Å². The van der Waals surface area contributed by atoms with Crippen LogP contribution in [0.2, 0.25) is 0 Å². The Morgan fingerprint density at radius 2 is 2.10 bits per heavy atom. The molecule has 4 aromatic heterocycles. The Bertz CT molecular complexity index is 1390. The third kappa shape index (κ3) is 2.89. The van der Waals surface area contributed by atoms with Crippen LogP contribution in [0.3, 0.4) is 0 Å². The van der Waals surface area contributed by atoms with Gasteiger partial charge >= 0.3 is 11.7 Å². The molecule has 0 saturated heterocycles. The molecule has 150 valence electrons. The first-order valence-electron chi connectivity index (χ1n) is 9.24. The number of thiophene rings is 1. The van der Waals surface area contributed by atoms with Gasteiger partial charge in [-0.1, -0.05) is 6.92 Å². The molecule has 0 aliphatic carbocycles. The zero-order chi connectivity index (χ0) is 20.9. The fourth-order valence-electron chi connectivity index (χ4n) is 3.76. The van der Waals surface area contributed by atoms with E-state index in [2.05, 4.69) is 9.97 Å². The summed E-state index contributed by atoms with van der Waals surface area (Å²) < 4.78 is 2.49. The van der Waals surface area contributed by atoms with Crippen molar-refractivity contribution in [3.63, 3.8) is 0 Å². The summed E-state index contributed by atoms with van der Waals surface area (Å²) in [5, 5.41) is 10.9. The molecule has 0 saturated carbocycles. The van der Waals surface area contributed by atoms with Crippen LogP contribution >= 0.6 is 11.3 Å². The molecule has 4 heterocycles. The van der Waals surface area contributed by atoms with E-state index in [4.69, 9.17) is 0 Å². The van der Waals surface area contributed by atoms with Crippen molar-refractivity contribution in [1.29, 1.82) is 0 Å². The molecule has 29 heavy (non-hydrogen) atoms. The van der Waals surface area contributed by atoms with Gasteiger partial charge in [-0.15, -0.1) is 11.3 Å². The van der Waals surface area contributed by atoms with Crippen molar-refractivity contribution in [3.05, 3.63) is 61.0 Å². The second-order valence-corrected chi connectivity index (χ2v) is 8.09. The molecule has 8 nitrogen and oxygen atoms in total. The van der Waals surface area contributed by atoms with Gasteiger partial charge in [0.2, 0.25) is 0 Å². The summed E-state index contributed by atoms with van der Waals surface area (Å²) in [5.41, 5.74) is 1.75. The molecule has 2 N–H and O–H groups in total. The number of nitrogens with zero attached hydrogens (tertiary/aromatic N) is 3. The Kier molecular flexibility index (Phi) is 4.62. The van der Waals surface area contributed by atoms with Gasteiger partial charge in [-0.2, -0.15) is 0 Å². The van der Waals surface area contributed by atoms with E-state index < -0.39 is 17.2 Å². The molecule has 0 unspecified atom stereocenters. The molecule has 0 bridgehead atoms. The van der Waals surface area contributed by atoms with Gasteiger partial charge in [-0.3, -0.25) is 18.9 Å². The number of H-pyrrole nitrogens is 1. The normalized spacial score (nSPS) is 11.6. The molecule has 0 amide bonds. The minimum Gasteiger partial charge on any atom is -0.478 e. The number of pyridine rings is 1. The predicted molar refractivity (Wildman–Crippen MR) is 112 cm³/mol. The van der Waals surface area contributed by atoms with Gasteiger partial charge in [0, 0.05) is 53.9 Å². The summed E-state index contributed by atoms with van der Waals surface area (Å²) >= 11 is 1.21. The lowest BCUT2D eigenvalue weighted by atomic mass is 10.0. The Morgan fingerprint density at radius 3 is 2.79 bits per heavy atom. The summed E-state index contributed by atoms with van der Waals surface area (Å²) in [5.74, 6) is -1.17. The van der Waals surface area contributed by atoms with E-state index in [0.717, 1.165) is 26.7 Å². The molecule has 0 atom stereocenters. The van der Waals surface area contributed by atoms with Crippen molar-refractivity contribution in [2.24, 2.45) is 7.05 Å². The summed E-state index contributed by atoms with van der Waals surface area (Å²) in [6.07, 6.45) is 4.46. The quantitative estimate of drug-likeness (QED) is 0.524. The van der Waals surface area contributed by atoms with E-state index in [1.165, 1.54) is 23.0 Å². The van der Waals surface area contributed by atoms with Crippen molar-refractivity contribution in [1.82, 2.24) is 19.1 Å². The molecule has 4 aromatic rings. The highest BCUT2D eigenvalue weighted by Crippen LogP contribution is 2.33. The fraction of sp³-hybridized carbons (Fsp3) is 0.300. The highest BCUT2D eigenvalue weighted by molar-refractivity contribution is 7.19. The first-order chi connectivity index (χ1) is 13.8. The summed E-state index contributed by atoms with van der Waals surface area (Å²) in [7, 11) is 1.38.